The molecule has 5 nitrogen and oxygen atoms in total. The van der Waals surface area contributed by atoms with Gasteiger partial charge in [-0.2, -0.15) is 4.98 Å². The monoisotopic (exact) mass is 369 g/mol. The number of hydrogen-bond donors (Lipinski definition) is 0. The van der Waals surface area contributed by atoms with Crippen molar-refractivity contribution in [1.29, 1.82) is 0 Å². The Hall–Kier alpha value is -1.98. The largest absolute Gasteiger partial charge is 0.479 e. The lowest BCUT2D eigenvalue weighted by Crippen LogP contribution is -2.28. The molecule has 128 valence electrons. The summed E-state index contributed by atoms with van der Waals surface area (Å²) in [5.74, 6) is 0.823. The Balaban J connectivity index is 2.00. The number of halogens is 2. The number of nitrogens with zero attached hydrogens (tertiary/aromatic N) is 1. The number of esters is 1. The predicted octanol–water partition coefficient (Wildman–Crippen LogP) is 4.90. The number of benzene rings is 1. The van der Waals surface area contributed by atoms with Crippen LogP contribution in [0.25, 0.3) is 0 Å². The van der Waals surface area contributed by atoms with Crippen LogP contribution in [0.15, 0.2) is 36.4 Å². The van der Waals surface area contributed by atoms with E-state index >= 15 is 0 Å². The minimum atomic E-state index is -0.705. The maximum absolute atomic E-state index is 11.7. The quantitative estimate of drug-likeness (QED) is 0.535. The lowest BCUT2D eigenvalue weighted by Gasteiger charge is -2.16. The molecule has 0 aliphatic heterocycles. The fourth-order valence-corrected chi connectivity index (χ4v) is 2.03. The second kappa shape index (κ2) is 8.22. The fraction of sp³-hybridized carbons (Fsp3) is 0.294. The van der Waals surface area contributed by atoms with Crippen molar-refractivity contribution in [3.63, 3.8) is 0 Å². The smallest absolute Gasteiger partial charge is 0.347 e. The lowest BCUT2D eigenvalue weighted by atomic mass is 10.3. The average Bonchev–Trinajstić information content (AvgIpc) is 2.52. The van der Waals surface area contributed by atoms with Gasteiger partial charge in [-0.1, -0.05) is 23.2 Å². The van der Waals surface area contributed by atoms with E-state index in [-0.39, 0.29) is 17.1 Å². The molecule has 0 aliphatic rings. The zero-order valence-corrected chi connectivity index (χ0v) is 15.0. The average molecular weight is 370 g/mol. The molecule has 0 fully saturated rings. The summed E-state index contributed by atoms with van der Waals surface area (Å²) in [7, 11) is 0. The molecule has 2 aromatic rings. The first kappa shape index (κ1) is 18.4. The maximum atomic E-state index is 11.7. The van der Waals surface area contributed by atoms with Crippen LogP contribution in [0.5, 0.6) is 17.4 Å². The lowest BCUT2D eigenvalue weighted by molar-refractivity contribution is -0.154. The van der Waals surface area contributed by atoms with Crippen molar-refractivity contribution >= 4 is 29.2 Å². The second-order valence-electron chi connectivity index (χ2n) is 5.24. The van der Waals surface area contributed by atoms with Gasteiger partial charge >= 0.3 is 5.97 Å². The van der Waals surface area contributed by atoms with Gasteiger partial charge in [0.15, 0.2) is 6.10 Å². The number of rotatable bonds is 6. The summed E-state index contributed by atoms with van der Waals surface area (Å²) in [6.45, 7) is 5.20. The molecule has 1 heterocycles. The van der Waals surface area contributed by atoms with E-state index in [1.54, 1.807) is 57.2 Å². The van der Waals surface area contributed by atoms with E-state index < -0.39 is 12.1 Å². The minimum Gasteiger partial charge on any atom is -0.479 e. The number of hydrogen-bond acceptors (Lipinski definition) is 5. The zero-order valence-electron chi connectivity index (χ0n) is 13.5. The molecule has 0 aliphatic carbocycles. The van der Waals surface area contributed by atoms with Crippen LogP contribution in [-0.4, -0.2) is 23.2 Å². The standard InChI is InChI=1S/C17H17Cl2NO4/c1-10(2)22-17(21)11(3)23-12-4-6-13(7-5-12)24-16-14(18)8-9-15(19)20-16/h4-11H,1-3H3. The molecule has 1 aromatic carbocycles. The molecule has 24 heavy (non-hydrogen) atoms. The molecular formula is C17H17Cl2NO4. The van der Waals surface area contributed by atoms with Gasteiger partial charge < -0.3 is 14.2 Å². The molecule has 0 saturated carbocycles. The van der Waals surface area contributed by atoms with Crippen molar-refractivity contribution in [1.82, 2.24) is 4.98 Å². The van der Waals surface area contributed by atoms with E-state index in [4.69, 9.17) is 37.4 Å². The molecule has 0 bridgehead atoms. The van der Waals surface area contributed by atoms with Gasteiger partial charge in [0.2, 0.25) is 5.88 Å². The molecule has 0 radical (unpaired) electrons. The van der Waals surface area contributed by atoms with Gasteiger partial charge in [-0.15, -0.1) is 0 Å². The third-order valence-corrected chi connectivity index (χ3v) is 3.31. The highest BCUT2D eigenvalue weighted by Gasteiger charge is 2.17. The van der Waals surface area contributed by atoms with Crippen molar-refractivity contribution in [2.24, 2.45) is 0 Å². The molecule has 0 amide bonds. The van der Waals surface area contributed by atoms with Crippen LogP contribution < -0.4 is 9.47 Å². The SMILES string of the molecule is CC(C)OC(=O)C(C)Oc1ccc(Oc2nc(Cl)ccc2Cl)cc1. The zero-order chi connectivity index (χ0) is 17.7. The summed E-state index contributed by atoms with van der Waals surface area (Å²) in [5, 5.41) is 0.636. The van der Waals surface area contributed by atoms with Crippen LogP contribution in [0.3, 0.4) is 0 Å². The van der Waals surface area contributed by atoms with Gasteiger partial charge in [-0.05, 0) is 57.2 Å². The fourth-order valence-electron chi connectivity index (χ4n) is 1.75. The Morgan fingerprint density at radius 3 is 2.25 bits per heavy atom. The maximum Gasteiger partial charge on any atom is 0.347 e. The first-order chi connectivity index (χ1) is 11.3. The van der Waals surface area contributed by atoms with Crippen molar-refractivity contribution < 1.29 is 19.0 Å². The third kappa shape index (κ3) is 5.28. The molecule has 1 unspecified atom stereocenters. The first-order valence-electron chi connectivity index (χ1n) is 7.32. The van der Waals surface area contributed by atoms with E-state index in [0.29, 0.717) is 16.5 Å². The van der Waals surface area contributed by atoms with Crippen molar-refractivity contribution in [2.45, 2.75) is 33.0 Å². The molecule has 0 N–H and O–H groups in total. The molecule has 0 saturated heterocycles. The van der Waals surface area contributed by atoms with Crippen LogP contribution in [0.2, 0.25) is 10.2 Å². The van der Waals surface area contributed by atoms with Crippen LogP contribution in [0, 0.1) is 0 Å². The van der Waals surface area contributed by atoms with Crippen LogP contribution in [0.4, 0.5) is 0 Å². The second-order valence-corrected chi connectivity index (χ2v) is 6.03. The highest BCUT2D eigenvalue weighted by Crippen LogP contribution is 2.29. The Morgan fingerprint density at radius 1 is 1.00 bits per heavy atom. The van der Waals surface area contributed by atoms with Crippen LogP contribution >= 0.6 is 23.2 Å². The molecule has 7 heteroatoms. The normalized spacial score (nSPS) is 11.9. The summed E-state index contributed by atoms with van der Waals surface area (Å²) in [6, 6.07) is 9.88. The molecular weight excluding hydrogens is 353 g/mol. The highest BCUT2D eigenvalue weighted by atomic mass is 35.5. The van der Waals surface area contributed by atoms with Crippen molar-refractivity contribution in [3.8, 4) is 17.4 Å². The summed E-state index contributed by atoms with van der Waals surface area (Å²) in [6.07, 6.45) is -0.891. The van der Waals surface area contributed by atoms with Gasteiger partial charge in [0, 0.05) is 0 Å². The van der Waals surface area contributed by atoms with Gasteiger partial charge in [0.1, 0.15) is 21.7 Å². The van der Waals surface area contributed by atoms with E-state index in [2.05, 4.69) is 4.98 Å². The van der Waals surface area contributed by atoms with Gasteiger partial charge in [0.05, 0.1) is 6.10 Å². The predicted molar refractivity (Wildman–Crippen MR) is 92.1 cm³/mol. The summed E-state index contributed by atoms with van der Waals surface area (Å²) in [4.78, 5) is 15.7. The molecule has 0 spiro atoms. The summed E-state index contributed by atoms with van der Waals surface area (Å²) < 4.78 is 16.2. The van der Waals surface area contributed by atoms with Crippen molar-refractivity contribution in [3.05, 3.63) is 46.6 Å². The van der Waals surface area contributed by atoms with E-state index in [9.17, 15) is 4.79 Å². The van der Waals surface area contributed by atoms with E-state index in [0.717, 1.165) is 0 Å². The van der Waals surface area contributed by atoms with Gasteiger partial charge in [0.25, 0.3) is 0 Å². The van der Waals surface area contributed by atoms with Crippen LogP contribution in [-0.2, 0) is 9.53 Å². The number of aromatic nitrogens is 1. The summed E-state index contributed by atoms with van der Waals surface area (Å²) in [5.41, 5.74) is 0. The highest BCUT2D eigenvalue weighted by molar-refractivity contribution is 6.33. The Labute approximate surface area is 150 Å². The number of pyridine rings is 1. The van der Waals surface area contributed by atoms with Crippen molar-refractivity contribution in [2.75, 3.05) is 0 Å². The molecule has 2 rings (SSSR count). The Morgan fingerprint density at radius 2 is 1.62 bits per heavy atom. The Kier molecular flexibility index (Phi) is 6.29. The molecule has 1 atom stereocenters. The Bertz CT molecular complexity index is 704. The summed E-state index contributed by atoms with van der Waals surface area (Å²) >= 11 is 11.8. The van der Waals surface area contributed by atoms with E-state index in [1.807, 2.05) is 0 Å². The van der Waals surface area contributed by atoms with Gasteiger partial charge in [-0.3, -0.25) is 0 Å². The minimum absolute atomic E-state index is 0.186. The number of carbonyl (C=O) groups is 1. The van der Waals surface area contributed by atoms with E-state index in [1.165, 1.54) is 0 Å². The number of ether oxygens (including phenoxy) is 3. The topological polar surface area (TPSA) is 57.7 Å². The van der Waals surface area contributed by atoms with Gasteiger partial charge in [-0.25, -0.2) is 4.79 Å². The number of carbonyl (C=O) groups excluding carboxylic acids is 1. The molecule has 1 aromatic heterocycles. The first-order valence-corrected chi connectivity index (χ1v) is 8.08. The van der Waals surface area contributed by atoms with Crippen LogP contribution in [0.1, 0.15) is 20.8 Å². The third-order valence-electron chi connectivity index (χ3n) is 2.81.